The van der Waals surface area contributed by atoms with E-state index in [0.29, 0.717) is 12.1 Å². The van der Waals surface area contributed by atoms with Gasteiger partial charge in [-0.1, -0.05) is 18.2 Å². The van der Waals surface area contributed by atoms with Crippen LogP contribution in [0.1, 0.15) is 12.5 Å². The van der Waals surface area contributed by atoms with Gasteiger partial charge in [-0.2, -0.15) is 0 Å². The molecule has 0 bridgehead atoms. The van der Waals surface area contributed by atoms with Crippen molar-refractivity contribution >= 4 is 18.3 Å². The highest BCUT2D eigenvalue weighted by atomic mass is 35.5. The van der Waals surface area contributed by atoms with Crippen molar-refractivity contribution in [2.45, 2.75) is 19.4 Å². The topological polar surface area (TPSA) is 46.3 Å². The first-order valence-electron chi connectivity index (χ1n) is 5.25. The average molecular weight is 261 g/mol. The molecule has 5 heteroatoms. The number of halogens is 2. The summed E-state index contributed by atoms with van der Waals surface area (Å²) in [7, 11) is 1.68. The minimum atomic E-state index is -0.343. The van der Waals surface area contributed by atoms with E-state index in [4.69, 9.17) is 5.73 Å². The Labute approximate surface area is 107 Å². The number of hydrogen-bond acceptors (Lipinski definition) is 2. The zero-order valence-corrected chi connectivity index (χ0v) is 10.8. The van der Waals surface area contributed by atoms with Crippen LogP contribution in [0.25, 0.3) is 0 Å². The van der Waals surface area contributed by atoms with Gasteiger partial charge in [-0.3, -0.25) is 4.79 Å². The number of benzene rings is 1. The lowest BCUT2D eigenvalue weighted by molar-refractivity contribution is -0.130. The first-order chi connectivity index (χ1) is 7.56. The molecule has 0 heterocycles. The fourth-order valence-electron chi connectivity index (χ4n) is 1.33. The number of nitrogens with zero attached hydrogens (tertiary/aromatic N) is 1. The van der Waals surface area contributed by atoms with E-state index < -0.39 is 0 Å². The summed E-state index contributed by atoms with van der Waals surface area (Å²) in [5.41, 5.74) is 5.89. The molecule has 1 atom stereocenters. The van der Waals surface area contributed by atoms with Gasteiger partial charge in [-0.15, -0.1) is 12.4 Å². The van der Waals surface area contributed by atoms with Crippen molar-refractivity contribution < 1.29 is 9.18 Å². The van der Waals surface area contributed by atoms with Gasteiger partial charge in [0.2, 0.25) is 5.91 Å². The molecular weight excluding hydrogens is 243 g/mol. The lowest BCUT2D eigenvalue weighted by Gasteiger charge is -2.23. The zero-order chi connectivity index (χ0) is 12.1. The van der Waals surface area contributed by atoms with Crippen molar-refractivity contribution in [1.29, 1.82) is 0 Å². The highest BCUT2D eigenvalue weighted by molar-refractivity contribution is 5.85. The van der Waals surface area contributed by atoms with Crippen LogP contribution in [0.5, 0.6) is 0 Å². The standard InChI is InChI=1S/C12H17FN2O.ClH/c1-9(8-14)15(2)12(16)7-10-5-3-4-6-11(10)13;/h3-6,9H,7-8,14H2,1-2H3;1H. The van der Waals surface area contributed by atoms with Crippen LogP contribution in [0, 0.1) is 5.82 Å². The molecule has 1 rings (SSSR count). The van der Waals surface area contributed by atoms with E-state index in [2.05, 4.69) is 0 Å². The average Bonchev–Trinajstić information content (AvgIpc) is 2.30. The van der Waals surface area contributed by atoms with Crippen LogP contribution in [0.4, 0.5) is 4.39 Å². The summed E-state index contributed by atoms with van der Waals surface area (Å²) >= 11 is 0. The summed E-state index contributed by atoms with van der Waals surface area (Å²) in [6, 6.07) is 6.27. The molecule has 0 saturated heterocycles. The molecule has 0 radical (unpaired) electrons. The van der Waals surface area contributed by atoms with Gasteiger partial charge in [0.25, 0.3) is 0 Å². The quantitative estimate of drug-likeness (QED) is 0.894. The molecule has 0 aliphatic carbocycles. The monoisotopic (exact) mass is 260 g/mol. The minimum absolute atomic E-state index is 0. The number of carbonyl (C=O) groups excluding carboxylic acids is 1. The summed E-state index contributed by atoms with van der Waals surface area (Å²) in [5.74, 6) is -0.465. The van der Waals surface area contributed by atoms with E-state index in [9.17, 15) is 9.18 Å². The highest BCUT2D eigenvalue weighted by Gasteiger charge is 2.15. The predicted octanol–water partition coefficient (Wildman–Crippen LogP) is 1.60. The SMILES string of the molecule is CC(CN)N(C)C(=O)Cc1ccccc1F.Cl. The fourth-order valence-corrected chi connectivity index (χ4v) is 1.33. The molecule has 0 aromatic heterocycles. The van der Waals surface area contributed by atoms with Gasteiger partial charge in [0, 0.05) is 19.6 Å². The Balaban J connectivity index is 0.00000256. The summed E-state index contributed by atoms with van der Waals surface area (Å²) in [5, 5.41) is 0. The molecule has 96 valence electrons. The molecule has 1 aromatic carbocycles. The van der Waals surface area contributed by atoms with Crippen LogP contribution in [0.3, 0.4) is 0 Å². The molecule has 1 amide bonds. The summed E-state index contributed by atoms with van der Waals surface area (Å²) in [6.45, 7) is 2.26. The number of amides is 1. The predicted molar refractivity (Wildman–Crippen MR) is 68.6 cm³/mol. The molecule has 0 spiro atoms. The maximum atomic E-state index is 13.3. The van der Waals surface area contributed by atoms with Crippen molar-refractivity contribution in [3.8, 4) is 0 Å². The van der Waals surface area contributed by atoms with Gasteiger partial charge in [0.15, 0.2) is 0 Å². The molecule has 0 saturated carbocycles. The fraction of sp³-hybridized carbons (Fsp3) is 0.417. The van der Waals surface area contributed by atoms with E-state index in [1.165, 1.54) is 6.07 Å². The lowest BCUT2D eigenvalue weighted by atomic mass is 10.1. The van der Waals surface area contributed by atoms with E-state index in [1.807, 2.05) is 6.92 Å². The van der Waals surface area contributed by atoms with Gasteiger partial charge >= 0.3 is 0 Å². The van der Waals surface area contributed by atoms with E-state index in [-0.39, 0.29) is 36.6 Å². The smallest absolute Gasteiger partial charge is 0.227 e. The Kier molecular flexibility index (Phi) is 6.76. The van der Waals surface area contributed by atoms with Crippen molar-refractivity contribution in [2.24, 2.45) is 5.73 Å². The molecule has 17 heavy (non-hydrogen) atoms. The number of rotatable bonds is 4. The van der Waals surface area contributed by atoms with Crippen molar-refractivity contribution in [3.05, 3.63) is 35.6 Å². The van der Waals surface area contributed by atoms with Crippen molar-refractivity contribution in [2.75, 3.05) is 13.6 Å². The van der Waals surface area contributed by atoms with E-state index in [1.54, 1.807) is 30.1 Å². The van der Waals surface area contributed by atoms with Crippen molar-refractivity contribution in [3.63, 3.8) is 0 Å². The first-order valence-corrected chi connectivity index (χ1v) is 5.25. The van der Waals surface area contributed by atoms with Crippen LogP contribution in [-0.2, 0) is 11.2 Å². The summed E-state index contributed by atoms with van der Waals surface area (Å²) in [4.78, 5) is 13.3. The zero-order valence-electron chi connectivity index (χ0n) is 10.0. The Hall–Kier alpha value is -1.13. The largest absolute Gasteiger partial charge is 0.341 e. The molecule has 0 aliphatic heterocycles. The van der Waals surface area contributed by atoms with Crippen LogP contribution in [0.2, 0.25) is 0 Å². The normalized spacial score (nSPS) is 11.5. The third kappa shape index (κ3) is 4.32. The molecule has 1 unspecified atom stereocenters. The first kappa shape index (κ1) is 15.9. The second-order valence-electron chi connectivity index (χ2n) is 3.86. The molecule has 0 fully saturated rings. The van der Waals surface area contributed by atoms with Crippen molar-refractivity contribution in [1.82, 2.24) is 4.90 Å². The van der Waals surface area contributed by atoms with Crippen LogP contribution in [0.15, 0.2) is 24.3 Å². The maximum absolute atomic E-state index is 13.3. The Morgan fingerprint density at radius 1 is 1.47 bits per heavy atom. The number of nitrogens with two attached hydrogens (primary N) is 1. The molecule has 3 nitrogen and oxygen atoms in total. The second kappa shape index (κ2) is 7.25. The second-order valence-corrected chi connectivity index (χ2v) is 3.86. The van der Waals surface area contributed by atoms with Gasteiger partial charge in [0.05, 0.1) is 6.42 Å². The van der Waals surface area contributed by atoms with Crippen LogP contribution in [-0.4, -0.2) is 30.4 Å². The lowest BCUT2D eigenvalue weighted by Crippen LogP contribution is -2.40. The third-order valence-electron chi connectivity index (χ3n) is 2.70. The summed E-state index contributed by atoms with van der Waals surface area (Å²) < 4.78 is 13.3. The van der Waals surface area contributed by atoms with E-state index >= 15 is 0 Å². The summed E-state index contributed by atoms with van der Waals surface area (Å²) in [6.07, 6.45) is 0.0769. The number of likely N-dealkylation sites (N-methyl/N-ethyl adjacent to an activating group) is 1. The van der Waals surface area contributed by atoms with Gasteiger partial charge in [-0.05, 0) is 18.6 Å². The number of hydrogen-bond donors (Lipinski definition) is 1. The van der Waals surface area contributed by atoms with Crippen LogP contribution >= 0.6 is 12.4 Å². The van der Waals surface area contributed by atoms with Crippen LogP contribution < -0.4 is 5.73 Å². The Bertz CT molecular complexity index is 373. The maximum Gasteiger partial charge on any atom is 0.227 e. The van der Waals surface area contributed by atoms with Gasteiger partial charge in [0.1, 0.15) is 5.82 Å². The molecule has 1 aromatic rings. The molecular formula is C12H18ClFN2O. The Morgan fingerprint density at radius 2 is 2.06 bits per heavy atom. The molecule has 2 N–H and O–H groups in total. The highest BCUT2D eigenvalue weighted by Crippen LogP contribution is 2.09. The van der Waals surface area contributed by atoms with Gasteiger partial charge < -0.3 is 10.6 Å². The number of carbonyl (C=O) groups is 1. The van der Waals surface area contributed by atoms with Gasteiger partial charge in [-0.25, -0.2) is 4.39 Å². The van der Waals surface area contributed by atoms with E-state index in [0.717, 1.165) is 0 Å². The third-order valence-corrected chi connectivity index (χ3v) is 2.70. The molecule has 0 aliphatic rings. The minimum Gasteiger partial charge on any atom is -0.341 e. The Morgan fingerprint density at radius 3 is 2.59 bits per heavy atom.